The zero-order valence-corrected chi connectivity index (χ0v) is 10.2. The van der Waals surface area contributed by atoms with Gasteiger partial charge >= 0.3 is 0 Å². The first-order valence-corrected chi connectivity index (χ1v) is 6.02. The van der Waals surface area contributed by atoms with Crippen LogP contribution in [-0.4, -0.2) is 15.8 Å². The van der Waals surface area contributed by atoms with Crippen molar-refractivity contribution < 1.29 is 4.79 Å². The standard InChI is InChI=1S/C16H12N2O/c19-11-13-6-8-15(9-7-13)18-10-16(17-12-18)14-4-2-1-3-5-14/h1-12H. The molecule has 1 heterocycles. The Morgan fingerprint density at radius 1 is 0.947 bits per heavy atom. The summed E-state index contributed by atoms with van der Waals surface area (Å²) in [6, 6.07) is 17.4. The van der Waals surface area contributed by atoms with Crippen LogP contribution >= 0.6 is 0 Å². The Hall–Kier alpha value is -2.68. The fourth-order valence-electron chi connectivity index (χ4n) is 1.95. The third-order valence-electron chi connectivity index (χ3n) is 2.98. The summed E-state index contributed by atoms with van der Waals surface area (Å²) in [7, 11) is 0. The van der Waals surface area contributed by atoms with Gasteiger partial charge in [-0.25, -0.2) is 4.98 Å². The van der Waals surface area contributed by atoms with Crippen LogP contribution in [0.2, 0.25) is 0 Å². The number of carbonyl (C=O) groups is 1. The molecule has 0 aliphatic carbocycles. The van der Waals surface area contributed by atoms with E-state index in [4.69, 9.17) is 0 Å². The first-order valence-electron chi connectivity index (χ1n) is 6.02. The minimum absolute atomic E-state index is 0.673. The van der Waals surface area contributed by atoms with E-state index in [1.807, 2.05) is 53.2 Å². The highest BCUT2D eigenvalue weighted by Crippen LogP contribution is 2.18. The molecular weight excluding hydrogens is 236 g/mol. The van der Waals surface area contributed by atoms with Crippen molar-refractivity contribution in [2.24, 2.45) is 0 Å². The van der Waals surface area contributed by atoms with E-state index < -0.39 is 0 Å². The molecule has 3 heteroatoms. The van der Waals surface area contributed by atoms with E-state index in [9.17, 15) is 4.79 Å². The second-order valence-corrected chi connectivity index (χ2v) is 4.24. The molecule has 0 aliphatic rings. The van der Waals surface area contributed by atoms with Crippen LogP contribution in [0.1, 0.15) is 10.4 Å². The maximum absolute atomic E-state index is 10.6. The summed E-state index contributed by atoms with van der Waals surface area (Å²) in [6.45, 7) is 0. The third kappa shape index (κ3) is 2.31. The van der Waals surface area contributed by atoms with Crippen LogP contribution in [0.25, 0.3) is 16.9 Å². The number of imidazole rings is 1. The van der Waals surface area contributed by atoms with Crippen LogP contribution < -0.4 is 0 Å². The molecule has 0 unspecified atom stereocenters. The fraction of sp³-hybridized carbons (Fsp3) is 0. The van der Waals surface area contributed by atoms with Gasteiger partial charge in [-0.3, -0.25) is 4.79 Å². The highest BCUT2D eigenvalue weighted by atomic mass is 16.1. The maximum Gasteiger partial charge on any atom is 0.150 e. The van der Waals surface area contributed by atoms with E-state index >= 15 is 0 Å². The number of aromatic nitrogens is 2. The zero-order valence-electron chi connectivity index (χ0n) is 10.2. The monoisotopic (exact) mass is 248 g/mol. The summed E-state index contributed by atoms with van der Waals surface area (Å²) in [4.78, 5) is 15.0. The number of nitrogens with zero attached hydrogens (tertiary/aromatic N) is 2. The fourth-order valence-corrected chi connectivity index (χ4v) is 1.95. The number of aldehydes is 1. The summed E-state index contributed by atoms with van der Waals surface area (Å²) >= 11 is 0. The van der Waals surface area contributed by atoms with Crippen molar-refractivity contribution >= 4 is 6.29 Å². The quantitative estimate of drug-likeness (QED) is 0.666. The van der Waals surface area contributed by atoms with E-state index in [1.165, 1.54) is 0 Å². The van der Waals surface area contributed by atoms with Gasteiger partial charge in [0.1, 0.15) is 6.29 Å². The first kappa shape index (κ1) is 11.4. The lowest BCUT2D eigenvalue weighted by atomic mass is 10.2. The van der Waals surface area contributed by atoms with Crippen molar-refractivity contribution in [1.82, 2.24) is 9.55 Å². The predicted octanol–water partition coefficient (Wildman–Crippen LogP) is 3.35. The highest BCUT2D eigenvalue weighted by Gasteiger charge is 2.02. The van der Waals surface area contributed by atoms with E-state index in [0.717, 1.165) is 23.2 Å². The summed E-state index contributed by atoms with van der Waals surface area (Å²) < 4.78 is 1.94. The van der Waals surface area contributed by atoms with E-state index in [0.29, 0.717) is 5.56 Å². The van der Waals surface area contributed by atoms with Gasteiger partial charge < -0.3 is 4.57 Å². The zero-order chi connectivity index (χ0) is 13.1. The molecule has 3 rings (SSSR count). The van der Waals surface area contributed by atoms with Crippen LogP contribution in [0.3, 0.4) is 0 Å². The summed E-state index contributed by atoms with van der Waals surface area (Å²) in [5.41, 5.74) is 3.68. The van der Waals surface area contributed by atoms with Crippen molar-refractivity contribution in [1.29, 1.82) is 0 Å². The Kier molecular flexibility index (Phi) is 2.94. The Morgan fingerprint density at radius 3 is 2.37 bits per heavy atom. The molecule has 0 radical (unpaired) electrons. The SMILES string of the molecule is O=Cc1ccc(-n2cnc(-c3ccccc3)c2)cc1. The number of hydrogen-bond acceptors (Lipinski definition) is 2. The Bertz CT molecular complexity index is 684. The van der Waals surface area contributed by atoms with Crippen molar-refractivity contribution in [3.63, 3.8) is 0 Å². The van der Waals surface area contributed by atoms with Gasteiger partial charge in [0.2, 0.25) is 0 Å². The topological polar surface area (TPSA) is 34.9 Å². The molecule has 0 amide bonds. The lowest BCUT2D eigenvalue weighted by molar-refractivity contribution is 0.112. The average molecular weight is 248 g/mol. The van der Waals surface area contributed by atoms with Gasteiger partial charge in [0.25, 0.3) is 0 Å². The smallest absolute Gasteiger partial charge is 0.150 e. The molecular formula is C16H12N2O. The lowest BCUT2D eigenvalue weighted by Crippen LogP contribution is -1.90. The minimum Gasteiger partial charge on any atom is -0.306 e. The van der Waals surface area contributed by atoms with Gasteiger partial charge in [-0.2, -0.15) is 0 Å². The van der Waals surface area contributed by atoms with Gasteiger partial charge in [-0.15, -0.1) is 0 Å². The molecule has 3 nitrogen and oxygen atoms in total. The third-order valence-corrected chi connectivity index (χ3v) is 2.98. The molecule has 2 aromatic carbocycles. The van der Waals surface area contributed by atoms with E-state index in [2.05, 4.69) is 4.98 Å². The Balaban J connectivity index is 1.94. The van der Waals surface area contributed by atoms with E-state index in [-0.39, 0.29) is 0 Å². The normalized spacial score (nSPS) is 10.3. The van der Waals surface area contributed by atoms with Gasteiger partial charge in [0.05, 0.1) is 12.0 Å². The molecule has 3 aromatic rings. The van der Waals surface area contributed by atoms with Gasteiger partial charge in [-0.1, -0.05) is 30.3 Å². The predicted molar refractivity (Wildman–Crippen MR) is 74.4 cm³/mol. The Morgan fingerprint density at radius 2 is 1.68 bits per heavy atom. The molecule has 92 valence electrons. The Labute approximate surface area is 111 Å². The number of hydrogen-bond donors (Lipinski definition) is 0. The second-order valence-electron chi connectivity index (χ2n) is 4.24. The summed E-state index contributed by atoms with van der Waals surface area (Å²) in [6.07, 6.45) is 4.59. The summed E-state index contributed by atoms with van der Waals surface area (Å²) in [5.74, 6) is 0. The maximum atomic E-state index is 10.6. The van der Waals surface area contributed by atoms with Gasteiger partial charge in [0.15, 0.2) is 0 Å². The van der Waals surface area contributed by atoms with Gasteiger partial charge in [-0.05, 0) is 24.3 Å². The molecule has 0 saturated carbocycles. The first-order chi connectivity index (χ1) is 9.36. The molecule has 0 N–H and O–H groups in total. The van der Waals surface area contributed by atoms with Crippen molar-refractivity contribution in [3.8, 4) is 16.9 Å². The van der Waals surface area contributed by atoms with Gasteiger partial charge in [0, 0.05) is 23.0 Å². The van der Waals surface area contributed by atoms with Crippen LogP contribution in [0, 0.1) is 0 Å². The summed E-state index contributed by atoms with van der Waals surface area (Å²) in [5, 5.41) is 0. The molecule has 0 atom stereocenters. The molecule has 19 heavy (non-hydrogen) atoms. The lowest BCUT2D eigenvalue weighted by Gasteiger charge is -2.01. The number of benzene rings is 2. The number of rotatable bonds is 3. The average Bonchev–Trinajstić information content (AvgIpc) is 2.98. The van der Waals surface area contributed by atoms with E-state index in [1.54, 1.807) is 18.5 Å². The molecule has 0 saturated heterocycles. The molecule has 0 fully saturated rings. The van der Waals surface area contributed by atoms with Crippen LogP contribution in [0.5, 0.6) is 0 Å². The number of carbonyl (C=O) groups excluding carboxylic acids is 1. The van der Waals surface area contributed by atoms with Crippen molar-refractivity contribution in [3.05, 3.63) is 72.7 Å². The minimum atomic E-state index is 0.673. The van der Waals surface area contributed by atoms with Crippen molar-refractivity contribution in [2.45, 2.75) is 0 Å². The molecule has 0 bridgehead atoms. The van der Waals surface area contributed by atoms with Crippen molar-refractivity contribution in [2.75, 3.05) is 0 Å². The molecule has 0 aliphatic heterocycles. The molecule has 1 aromatic heterocycles. The largest absolute Gasteiger partial charge is 0.306 e. The van der Waals surface area contributed by atoms with Crippen LogP contribution in [0.15, 0.2) is 67.1 Å². The second kappa shape index (κ2) is 4.90. The highest BCUT2D eigenvalue weighted by molar-refractivity contribution is 5.75. The molecule has 0 spiro atoms. The van der Waals surface area contributed by atoms with Crippen LogP contribution in [0.4, 0.5) is 0 Å². The van der Waals surface area contributed by atoms with Crippen LogP contribution in [-0.2, 0) is 0 Å².